The van der Waals surface area contributed by atoms with Gasteiger partial charge in [-0.15, -0.1) is 0 Å². The number of benzene rings is 2. The number of carbonyl (C=O) groups is 2. The van der Waals surface area contributed by atoms with E-state index in [0.717, 1.165) is 17.5 Å². The zero-order chi connectivity index (χ0) is 26.4. The number of rotatable bonds is 4. The number of carbonyl (C=O) groups excluding carboxylic acids is 2. The van der Waals surface area contributed by atoms with Crippen LogP contribution in [-0.2, 0) is 9.53 Å². The number of amides is 2. The van der Waals surface area contributed by atoms with Crippen molar-refractivity contribution in [2.24, 2.45) is 11.3 Å². The fourth-order valence-electron chi connectivity index (χ4n) is 6.48. The number of halogens is 2. The molecule has 36 heavy (non-hydrogen) atoms. The van der Waals surface area contributed by atoms with Gasteiger partial charge in [0.2, 0.25) is 5.91 Å². The number of likely N-dealkylation sites (tertiary alicyclic amines) is 1. The SMILES string of the molecule is CC[C@@]12CC[C@@H](c3ccc(OC)cc3Cl)[C@H](c3ccc(Cl)cc3)[C@@H]1[C@@H](C)N(C(=O)OC(C)(C)C)C2=O. The molecule has 1 saturated carbocycles. The normalized spacial score (nSPS) is 28.1. The van der Waals surface area contributed by atoms with Crippen LogP contribution >= 0.6 is 23.2 Å². The van der Waals surface area contributed by atoms with Crippen LogP contribution < -0.4 is 4.74 Å². The molecule has 1 saturated heterocycles. The topological polar surface area (TPSA) is 55.8 Å². The summed E-state index contributed by atoms with van der Waals surface area (Å²) in [5, 5.41) is 1.30. The average Bonchev–Trinajstić information content (AvgIpc) is 3.05. The van der Waals surface area contributed by atoms with Crippen LogP contribution in [0.1, 0.15) is 76.8 Å². The van der Waals surface area contributed by atoms with Crippen LogP contribution in [0, 0.1) is 11.3 Å². The predicted octanol–water partition coefficient (Wildman–Crippen LogP) is 7.84. The van der Waals surface area contributed by atoms with Gasteiger partial charge in [0.25, 0.3) is 0 Å². The molecule has 1 aliphatic heterocycles. The molecule has 2 amide bonds. The van der Waals surface area contributed by atoms with Crippen LogP contribution in [0.15, 0.2) is 42.5 Å². The maximum Gasteiger partial charge on any atom is 0.417 e. The number of ether oxygens (including phenoxy) is 2. The molecule has 194 valence electrons. The zero-order valence-corrected chi connectivity index (χ0v) is 23.3. The molecular formula is C29H35Cl2NO4. The molecule has 2 aromatic carbocycles. The van der Waals surface area contributed by atoms with E-state index in [0.29, 0.717) is 28.6 Å². The van der Waals surface area contributed by atoms with Gasteiger partial charge in [0.1, 0.15) is 11.4 Å². The van der Waals surface area contributed by atoms with Gasteiger partial charge in [-0.1, -0.05) is 48.3 Å². The Kier molecular flexibility index (Phi) is 7.38. The molecule has 0 N–H and O–H groups in total. The van der Waals surface area contributed by atoms with Gasteiger partial charge in [-0.25, -0.2) is 9.69 Å². The molecule has 1 aliphatic carbocycles. The Balaban J connectivity index is 1.85. The number of methoxy groups -OCH3 is 1. The van der Waals surface area contributed by atoms with Crippen molar-refractivity contribution >= 4 is 35.2 Å². The van der Waals surface area contributed by atoms with E-state index in [4.69, 9.17) is 32.7 Å². The van der Waals surface area contributed by atoms with Gasteiger partial charge in [0.05, 0.1) is 12.5 Å². The summed E-state index contributed by atoms with van der Waals surface area (Å²) < 4.78 is 11.1. The molecule has 2 aromatic rings. The van der Waals surface area contributed by atoms with E-state index in [2.05, 4.69) is 6.92 Å². The van der Waals surface area contributed by atoms with Crippen molar-refractivity contribution in [2.45, 2.75) is 77.4 Å². The van der Waals surface area contributed by atoms with Gasteiger partial charge in [0.15, 0.2) is 0 Å². The molecule has 0 unspecified atom stereocenters. The molecule has 0 aromatic heterocycles. The fourth-order valence-corrected chi connectivity index (χ4v) is 6.92. The Labute approximate surface area is 224 Å². The standard InChI is InChI=1S/C29H35Cl2NO4/c1-7-29-15-14-22(21-13-12-20(35-6)16-23(21)31)24(18-8-10-19(30)11-9-18)25(29)17(2)32(26(29)33)27(34)36-28(3,4)5/h8-13,16-17,22,24-25H,7,14-15H2,1-6H3/t17-,22+,24+,25+,29-/m1/s1. The highest BCUT2D eigenvalue weighted by atomic mass is 35.5. The van der Waals surface area contributed by atoms with Crippen molar-refractivity contribution in [3.8, 4) is 5.75 Å². The van der Waals surface area contributed by atoms with Crippen molar-refractivity contribution in [1.82, 2.24) is 4.90 Å². The smallest absolute Gasteiger partial charge is 0.417 e. The van der Waals surface area contributed by atoms with Crippen molar-refractivity contribution < 1.29 is 19.1 Å². The predicted molar refractivity (Wildman–Crippen MR) is 143 cm³/mol. The molecular weight excluding hydrogens is 497 g/mol. The molecule has 5 atom stereocenters. The lowest BCUT2D eigenvalue weighted by Gasteiger charge is -2.47. The Morgan fingerprint density at radius 1 is 1.14 bits per heavy atom. The minimum Gasteiger partial charge on any atom is -0.497 e. The van der Waals surface area contributed by atoms with Crippen LogP contribution in [0.4, 0.5) is 4.79 Å². The number of fused-ring (bicyclic) bond motifs is 1. The first-order valence-corrected chi connectivity index (χ1v) is 13.3. The summed E-state index contributed by atoms with van der Waals surface area (Å²) in [6.07, 6.45) is 1.52. The Morgan fingerprint density at radius 3 is 2.36 bits per heavy atom. The highest BCUT2D eigenvalue weighted by molar-refractivity contribution is 6.31. The quantitative estimate of drug-likeness (QED) is 0.403. The van der Waals surface area contributed by atoms with E-state index < -0.39 is 17.1 Å². The van der Waals surface area contributed by atoms with Crippen LogP contribution in [0.3, 0.4) is 0 Å². The largest absolute Gasteiger partial charge is 0.497 e. The van der Waals surface area contributed by atoms with E-state index in [1.54, 1.807) is 7.11 Å². The lowest BCUT2D eigenvalue weighted by atomic mass is 9.54. The van der Waals surface area contributed by atoms with Crippen molar-refractivity contribution in [1.29, 1.82) is 0 Å². The molecule has 0 spiro atoms. The second-order valence-corrected chi connectivity index (χ2v) is 11.9. The summed E-state index contributed by atoms with van der Waals surface area (Å²) in [5.41, 5.74) is 0.761. The van der Waals surface area contributed by atoms with Crippen molar-refractivity contribution in [3.63, 3.8) is 0 Å². The monoisotopic (exact) mass is 531 g/mol. The number of hydrogen-bond acceptors (Lipinski definition) is 4. The zero-order valence-electron chi connectivity index (χ0n) is 21.8. The second-order valence-electron chi connectivity index (χ2n) is 11.0. The summed E-state index contributed by atoms with van der Waals surface area (Å²) in [7, 11) is 1.62. The van der Waals surface area contributed by atoms with Gasteiger partial charge in [-0.05, 0) is 94.2 Å². The van der Waals surface area contributed by atoms with E-state index >= 15 is 0 Å². The van der Waals surface area contributed by atoms with Crippen LogP contribution in [0.2, 0.25) is 10.0 Å². The maximum absolute atomic E-state index is 14.0. The Bertz CT molecular complexity index is 1140. The molecule has 2 fully saturated rings. The lowest BCUT2D eigenvalue weighted by molar-refractivity contribution is -0.138. The first-order valence-electron chi connectivity index (χ1n) is 12.6. The maximum atomic E-state index is 14.0. The van der Waals surface area contributed by atoms with Crippen LogP contribution in [0.5, 0.6) is 5.75 Å². The molecule has 0 bridgehead atoms. The molecule has 1 heterocycles. The summed E-state index contributed by atoms with van der Waals surface area (Å²) in [6, 6.07) is 13.3. The summed E-state index contributed by atoms with van der Waals surface area (Å²) in [5.74, 6) is 0.470. The highest BCUT2D eigenvalue weighted by Crippen LogP contribution is 2.62. The molecule has 5 nitrogen and oxygen atoms in total. The van der Waals surface area contributed by atoms with Gasteiger partial charge in [0, 0.05) is 22.0 Å². The third-order valence-electron chi connectivity index (χ3n) is 8.01. The third-order valence-corrected chi connectivity index (χ3v) is 8.59. The summed E-state index contributed by atoms with van der Waals surface area (Å²) >= 11 is 13.0. The van der Waals surface area contributed by atoms with E-state index in [-0.39, 0.29) is 29.7 Å². The minimum absolute atomic E-state index is 0.0479. The van der Waals surface area contributed by atoms with Crippen molar-refractivity contribution in [2.75, 3.05) is 7.11 Å². The van der Waals surface area contributed by atoms with Gasteiger partial charge in [-0.3, -0.25) is 4.79 Å². The van der Waals surface area contributed by atoms with Crippen LogP contribution in [0.25, 0.3) is 0 Å². The van der Waals surface area contributed by atoms with Crippen LogP contribution in [-0.4, -0.2) is 35.7 Å². The van der Waals surface area contributed by atoms with Crippen molar-refractivity contribution in [3.05, 3.63) is 63.6 Å². The van der Waals surface area contributed by atoms with E-state index in [9.17, 15) is 9.59 Å². The van der Waals surface area contributed by atoms with Gasteiger partial charge >= 0.3 is 6.09 Å². The number of nitrogens with zero attached hydrogens (tertiary/aromatic N) is 1. The minimum atomic E-state index is -0.695. The Hall–Kier alpha value is -2.24. The first-order chi connectivity index (χ1) is 16.9. The van der Waals surface area contributed by atoms with Gasteiger partial charge < -0.3 is 9.47 Å². The molecule has 2 aliphatic rings. The highest BCUT2D eigenvalue weighted by Gasteiger charge is 2.64. The van der Waals surface area contributed by atoms with E-state index in [1.807, 2.05) is 70.2 Å². The molecule has 0 radical (unpaired) electrons. The third kappa shape index (κ3) is 4.61. The Morgan fingerprint density at radius 2 is 1.81 bits per heavy atom. The summed E-state index contributed by atoms with van der Waals surface area (Å²) in [4.78, 5) is 28.7. The molecule has 4 rings (SSSR count). The van der Waals surface area contributed by atoms with E-state index in [1.165, 1.54) is 4.90 Å². The average molecular weight is 533 g/mol. The second kappa shape index (κ2) is 9.90. The molecule has 7 heteroatoms. The first kappa shape index (κ1) is 26.8. The van der Waals surface area contributed by atoms with Gasteiger partial charge in [-0.2, -0.15) is 0 Å². The summed E-state index contributed by atoms with van der Waals surface area (Å²) in [6.45, 7) is 9.48. The number of imide groups is 1. The lowest BCUT2D eigenvalue weighted by Crippen LogP contribution is -2.44. The fraction of sp³-hybridized carbons (Fsp3) is 0.517. The number of hydrogen-bond donors (Lipinski definition) is 0.